The summed E-state index contributed by atoms with van der Waals surface area (Å²) in [4.78, 5) is 0.246. The van der Waals surface area contributed by atoms with Crippen molar-refractivity contribution in [3.63, 3.8) is 0 Å². The Morgan fingerprint density at radius 2 is 1.92 bits per heavy atom. The largest absolute Gasteiger partial charge is 0.493 e. The summed E-state index contributed by atoms with van der Waals surface area (Å²) >= 11 is 0. The topological polar surface area (TPSA) is 64.6 Å². The standard InChI is InChI=1S/C18H19NO4S/c1-2-12-5-3-4-6-15(12)19-24(20,21)18-14-8-10-22-16(14)11-13-7-9-23-17(13)18/h3-6,11,19H,2,7-10H2,1H3. The van der Waals surface area contributed by atoms with Gasteiger partial charge in [0, 0.05) is 24.0 Å². The van der Waals surface area contributed by atoms with Gasteiger partial charge in [0.05, 0.1) is 18.9 Å². The molecule has 24 heavy (non-hydrogen) atoms. The highest BCUT2D eigenvalue weighted by molar-refractivity contribution is 7.92. The number of fused-ring (bicyclic) bond motifs is 2. The molecule has 0 aliphatic carbocycles. The second-order valence-electron chi connectivity index (χ2n) is 5.98. The van der Waals surface area contributed by atoms with E-state index in [1.807, 2.05) is 31.2 Å². The van der Waals surface area contributed by atoms with Crippen LogP contribution in [-0.2, 0) is 29.3 Å². The molecule has 5 nitrogen and oxygen atoms in total. The SMILES string of the molecule is CCc1ccccc1NS(=O)(=O)c1c2c(cc3c1OCC3)OCC2. The van der Waals surface area contributed by atoms with Gasteiger partial charge in [-0.3, -0.25) is 4.72 Å². The zero-order chi connectivity index (χ0) is 16.7. The van der Waals surface area contributed by atoms with E-state index < -0.39 is 10.0 Å². The summed E-state index contributed by atoms with van der Waals surface area (Å²) in [7, 11) is -3.75. The highest BCUT2D eigenvalue weighted by atomic mass is 32.2. The predicted molar refractivity (Wildman–Crippen MR) is 91.5 cm³/mol. The second kappa shape index (κ2) is 5.70. The Morgan fingerprint density at radius 1 is 1.12 bits per heavy atom. The number of sulfonamides is 1. The van der Waals surface area contributed by atoms with Crippen molar-refractivity contribution >= 4 is 15.7 Å². The van der Waals surface area contributed by atoms with E-state index in [1.54, 1.807) is 6.07 Å². The van der Waals surface area contributed by atoms with E-state index in [0.29, 0.717) is 43.2 Å². The third kappa shape index (κ3) is 2.41. The Hall–Kier alpha value is -2.21. The van der Waals surface area contributed by atoms with Crippen LogP contribution in [0.25, 0.3) is 0 Å². The van der Waals surface area contributed by atoms with Gasteiger partial charge >= 0.3 is 0 Å². The van der Waals surface area contributed by atoms with Gasteiger partial charge in [-0.15, -0.1) is 0 Å². The third-order valence-electron chi connectivity index (χ3n) is 4.51. The number of benzene rings is 2. The molecule has 2 aliphatic rings. The van der Waals surface area contributed by atoms with E-state index in [0.717, 1.165) is 23.1 Å². The molecule has 0 amide bonds. The smallest absolute Gasteiger partial charge is 0.266 e. The van der Waals surface area contributed by atoms with E-state index in [9.17, 15) is 8.42 Å². The predicted octanol–water partition coefficient (Wildman–Crippen LogP) is 2.92. The van der Waals surface area contributed by atoms with E-state index in [1.165, 1.54) is 0 Å². The fourth-order valence-electron chi connectivity index (χ4n) is 3.35. The molecule has 2 aromatic rings. The maximum atomic E-state index is 13.1. The van der Waals surface area contributed by atoms with Crippen molar-refractivity contribution in [1.82, 2.24) is 0 Å². The van der Waals surface area contributed by atoms with Gasteiger partial charge in [-0.1, -0.05) is 25.1 Å². The van der Waals surface area contributed by atoms with Gasteiger partial charge in [0.15, 0.2) is 0 Å². The van der Waals surface area contributed by atoms with Crippen LogP contribution in [0.5, 0.6) is 11.5 Å². The zero-order valence-corrected chi connectivity index (χ0v) is 14.3. The molecular weight excluding hydrogens is 326 g/mol. The van der Waals surface area contributed by atoms with Crippen LogP contribution in [0.1, 0.15) is 23.6 Å². The van der Waals surface area contributed by atoms with E-state index in [4.69, 9.17) is 9.47 Å². The van der Waals surface area contributed by atoms with Crippen LogP contribution < -0.4 is 14.2 Å². The number of nitrogens with one attached hydrogen (secondary N) is 1. The molecule has 0 fully saturated rings. The molecule has 0 radical (unpaired) electrons. The molecule has 0 aromatic heterocycles. The Morgan fingerprint density at radius 3 is 2.75 bits per heavy atom. The summed E-state index contributed by atoms with van der Waals surface area (Å²) in [6.45, 7) is 3.01. The van der Waals surface area contributed by atoms with E-state index in [-0.39, 0.29) is 4.90 Å². The molecular formula is C18H19NO4S. The first-order valence-corrected chi connectivity index (χ1v) is 9.63. The maximum Gasteiger partial charge on any atom is 0.266 e. The van der Waals surface area contributed by atoms with Gasteiger partial charge in [-0.25, -0.2) is 8.42 Å². The lowest BCUT2D eigenvalue weighted by molar-refractivity contribution is 0.348. The lowest BCUT2D eigenvalue weighted by Crippen LogP contribution is -2.17. The van der Waals surface area contributed by atoms with Gasteiger partial charge < -0.3 is 9.47 Å². The summed E-state index contributed by atoms with van der Waals surface area (Å²) in [5.41, 5.74) is 3.20. The average Bonchev–Trinajstić information content (AvgIpc) is 3.20. The highest BCUT2D eigenvalue weighted by Gasteiger charge is 2.34. The van der Waals surface area contributed by atoms with E-state index in [2.05, 4.69) is 4.72 Å². The number of para-hydroxylation sites is 1. The fourth-order valence-corrected chi connectivity index (χ4v) is 4.90. The fraction of sp³-hybridized carbons (Fsp3) is 0.333. The number of ether oxygens (including phenoxy) is 2. The normalized spacial score (nSPS) is 15.4. The summed E-state index contributed by atoms with van der Waals surface area (Å²) in [5.74, 6) is 1.16. The maximum absolute atomic E-state index is 13.1. The number of aryl methyl sites for hydroxylation is 1. The zero-order valence-electron chi connectivity index (χ0n) is 13.5. The van der Waals surface area contributed by atoms with Crippen molar-refractivity contribution in [3.05, 3.63) is 47.0 Å². The molecule has 2 heterocycles. The van der Waals surface area contributed by atoms with Crippen LogP contribution in [0.3, 0.4) is 0 Å². The molecule has 0 spiro atoms. The monoisotopic (exact) mass is 345 g/mol. The Bertz CT molecular complexity index is 873. The van der Waals surface area contributed by atoms with Gasteiger partial charge in [-0.05, 0) is 24.1 Å². The second-order valence-corrected chi connectivity index (χ2v) is 7.60. The van der Waals surface area contributed by atoms with Crippen molar-refractivity contribution in [2.45, 2.75) is 31.1 Å². The molecule has 1 N–H and O–H groups in total. The molecule has 126 valence electrons. The molecule has 0 bridgehead atoms. The third-order valence-corrected chi connectivity index (χ3v) is 5.97. The molecule has 4 rings (SSSR count). The molecule has 0 saturated heterocycles. The average molecular weight is 345 g/mol. The van der Waals surface area contributed by atoms with Gasteiger partial charge in [0.25, 0.3) is 10.0 Å². The first-order valence-electron chi connectivity index (χ1n) is 8.15. The summed E-state index contributed by atoms with van der Waals surface area (Å²) in [5, 5.41) is 0. The summed E-state index contributed by atoms with van der Waals surface area (Å²) in [6, 6.07) is 9.38. The van der Waals surface area contributed by atoms with Crippen LogP contribution in [0.15, 0.2) is 35.2 Å². The quantitative estimate of drug-likeness (QED) is 0.925. The Labute approximate surface area is 141 Å². The highest BCUT2D eigenvalue weighted by Crippen LogP contribution is 2.43. The molecule has 6 heteroatoms. The Kier molecular flexibility index (Phi) is 3.64. The van der Waals surface area contributed by atoms with Gasteiger partial charge in [0.2, 0.25) is 0 Å². The minimum absolute atomic E-state index is 0.246. The number of rotatable bonds is 4. The number of anilines is 1. The minimum atomic E-state index is -3.75. The van der Waals surface area contributed by atoms with Crippen molar-refractivity contribution in [2.75, 3.05) is 17.9 Å². The van der Waals surface area contributed by atoms with Crippen LogP contribution in [0, 0.1) is 0 Å². The van der Waals surface area contributed by atoms with Crippen molar-refractivity contribution in [2.24, 2.45) is 0 Å². The van der Waals surface area contributed by atoms with Crippen molar-refractivity contribution in [1.29, 1.82) is 0 Å². The number of hydrogen-bond donors (Lipinski definition) is 1. The summed E-state index contributed by atoms with van der Waals surface area (Å²) < 4.78 is 40.3. The van der Waals surface area contributed by atoms with Gasteiger partial charge in [-0.2, -0.15) is 0 Å². The van der Waals surface area contributed by atoms with Crippen molar-refractivity contribution in [3.8, 4) is 11.5 Å². The summed E-state index contributed by atoms with van der Waals surface area (Å²) in [6.07, 6.45) is 2.04. The molecule has 0 atom stereocenters. The molecule has 2 aliphatic heterocycles. The molecule has 2 aromatic carbocycles. The Balaban J connectivity index is 1.84. The number of hydrogen-bond acceptors (Lipinski definition) is 4. The molecule has 0 saturated carbocycles. The van der Waals surface area contributed by atoms with Crippen LogP contribution in [-0.4, -0.2) is 21.6 Å². The van der Waals surface area contributed by atoms with Crippen molar-refractivity contribution < 1.29 is 17.9 Å². The van der Waals surface area contributed by atoms with E-state index >= 15 is 0 Å². The van der Waals surface area contributed by atoms with Crippen LogP contribution in [0.2, 0.25) is 0 Å². The van der Waals surface area contributed by atoms with Gasteiger partial charge in [0.1, 0.15) is 16.4 Å². The first kappa shape index (κ1) is 15.3. The molecule has 0 unspecified atom stereocenters. The first-order chi connectivity index (χ1) is 11.6. The van der Waals surface area contributed by atoms with Crippen LogP contribution >= 0.6 is 0 Å². The lowest BCUT2D eigenvalue weighted by atomic mass is 10.1. The van der Waals surface area contributed by atoms with Crippen LogP contribution in [0.4, 0.5) is 5.69 Å². The minimum Gasteiger partial charge on any atom is -0.493 e. The lowest BCUT2D eigenvalue weighted by Gasteiger charge is -2.16.